The molecule has 5 rings (SSSR count). The van der Waals surface area contributed by atoms with E-state index in [1.165, 1.54) is 24.5 Å². The Kier molecular flexibility index (Phi) is 6.40. The standard InChI is InChI=1S/C28H30N2O3/c31-26-13-14-29-28(21-9-5-2-6-10-21)24(26)15-27(32)33-19-25-22-11-12-23(25)18-30(17-22)16-20-7-3-1-4-8-20/h1-10,13-14,22-23,25H,11-12,15-19H2,(H,29,31). The van der Waals surface area contributed by atoms with Gasteiger partial charge in [0.2, 0.25) is 0 Å². The van der Waals surface area contributed by atoms with Gasteiger partial charge in [0.25, 0.3) is 0 Å². The molecule has 0 radical (unpaired) electrons. The highest BCUT2D eigenvalue weighted by molar-refractivity contribution is 5.76. The maximum Gasteiger partial charge on any atom is 0.310 e. The molecule has 1 aliphatic heterocycles. The van der Waals surface area contributed by atoms with Gasteiger partial charge in [0.05, 0.1) is 18.7 Å². The van der Waals surface area contributed by atoms with Gasteiger partial charge in [-0.25, -0.2) is 0 Å². The number of rotatable bonds is 7. The first kappa shape index (κ1) is 21.7. The molecule has 2 unspecified atom stereocenters. The second-order valence-corrected chi connectivity index (χ2v) is 9.36. The van der Waals surface area contributed by atoms with Gasteiger partial charge >= 0.3 is 5.97 Å². The molecule has 0 amide bonds. The Morgan fingerprint density at radius 3 is 2.30 bits per heavy atom. The molecule has 1 saturated heterocycles. The largest absolute Gasteiger partial charge is 0.465 e. The summed E-state index contributed by atoms with van der Waals surface area (Å²) in [6.45, 7) is 3.56. The van der Waals surface area contributed by atoms with E-state index in [9.17, 15) is 9.59 Å². The number of hydrogen-bond acceptors (Lipinski definition) is 4. The number of H-pyrrole nitrogens is 1. The van der Waals surface area contributed by atoms with Gasteiger partial charge in [-0.15, -0.1) is 0 Å². The van der Waals surface area contributed by atoms with Crippen LogP contribution in [0.4, 0.5) is 0 Å². The van der Waals surface area contributed by atoms with E-state index in [1.54, 1.807) is 6.20 Å². The number of aromatic nitrogens is 1. The van der Waals surface area contributed by atoms with Crippen LogP contribution in [0.25, 0.3) is 11.3 Å². The summed E-state index contributed by atoms with van der Waals surface area (Å²) in [5.74, 6) is 1.24. The van der Waals surface area contributed by atoms with Crippen LogP contribution in [0.15, 0.2) is 77.7 Å². The molecule has 1 N–H and O–H groups in total. The molecule has 33 heavy (non-hydrogen) atoms. The van der Waals surface area contributed by atoms with Crippen LogP contribution in [-0.2, 0) is 22.5 Å². The molecule has 5 heteroatoms. The molecular formula is C28H30N2O3. The smallest absolute Gasteiger partial charge is 0.310 e. The lowest BCUT2D eigenvalue weighted by molar-refractivity contribution is -0.145. The molecule has 5 nitrogen and oxygen atoms in total. The van der Waals surface area contributed by atoms with Gasteiger partial charge in [-0.2, -0.15) is 0 Å². The first-order chi connectivity index (χ1) is 16.2. The summed E-state index contributed by atoms with van der Waals surface area (Å²) in [4.78, 5) is 31.0. The molecule has 1 aliphatic carbocycles. The van der Waals surface area contributed by atoms with E-state index < -0.39 is 0 Å². The van der Waals surface area contributed by atoms with Crippen molar-refractivity contribution in [2.24, 2.45) is 17.8 Å². The van der Waals surface area contributed by atoms with Crippen LogP contribution >= 0.6 is 0 Å². The number of benzene rings is 2. The van der Waals surface area contributed by atoms with Gasteiger partial charge in [0.1, 0.15) is 0 Å². The minimum absolute atomic E-state index is 0.0113. The molecule has 0 spiro atoms. The van der Waals surface area contributed by atoms with Gasteiger partial charge in [-0.3, -0.25) is 14.5 Å². The van der Waals surface area contributed by atoms with Gasteiger partial charge in [-0.05, 0) is 35.8 Å². The molecule has 2 atom stereocenters. The van der Waals surface area contributed by atoms with Crippen LogP contribution in [0.2, 0.25) is 0 Å². The Bertz CT molecular complexity index is 1130. The number of nitrogens with zero attached hydrogens (tertiary/aromatic N) is 1. The van der Waals surface area contributed by atoms with Crippen molar-refractivity contribution in [3.8, 4) is 11.3 Å². The fourth-order valence-electron chi connectivity index (χ4n) is 5.61. The quantitative estimate of drug-likeness (QED) is 0.555. The number of hydrogen-bond donors (Lipinski definition) is 1. The van der Waals surface area contributed by atoms with Crippen molar-refractivity contribution in [3.05, 3.63) is 94.3 Å². The van der Waals surface area contributed by atoms with Crippen molar-refractivity contribution < 1.29 is 9.53 Å². The number of pyridine rings is 1. The third-order valence-electron chi connectivity index (χ3n) is 7.24. The number of nitrogens with one attached hydrogen (secondary N) is 1. The molecule has 2 aromatic carbocycles. The van der Waals surface area contributed by atoms with Crippen LogP contribution in [0, 0.1) is 17.8 Å². The van der Waals surface area contributed by atoms with Crippen molar-refractivity contribution in [3.63, 3.8) is 0 Å². The first-order valence-corrected chi connectivity index (χ1v) is 11.9. The minimum atomic E-state index is -0.324. The zero-order valence-electron chi connectivity index (χ0n) is 18.8. The van der Waals surface area contributed by atoms with Crippen molar-refractivity contribution in [2.75, 3.05) is 19.7 Å². The lowest BCUT2D eigenvalue weighted by Gasteiger charge is -2.37. The van der Waals surface area contributed by atoms with Crippen LogP contribution in [0.5, 0.6) is 0 Å². The molecule has 2 fully saturated rings. The number of carbonyl (C=O) groups excluding carboxylic acids is 1. The molecule has 2 bridgehead atoms. The van der Waals surface area contributed by atoms with Crippen molar-refractivity contribution in [1.82, 2.24) is 9.88 Å². The van der Waals surface area contributed by atoms with E-state index >= 15 is 0 Å². The summed E-state index contributed by atoms with van der Waals surface area (Å²) in [6.07, 6.45) is 4.02. The predicted octanol–water partition coefficient (Wildman–Crippen LogP) is 4.29. The van der Waals surface area contributed by atoms with E-state index in [0.717, 1.165) is 25.2 Å². The Hall–Kier alpha value is -3.18. The van der Waals surface area contributed by atoms with E-state index in [1.807, 2.05) is 30.3 Å². The lowest BCUT2D eigenvalue weighted by atomic mass is 9.85. The number of carbonyl (C=O) groups is 1. The highest BCUT2D eigenvalue weighted by Gasteiger charge is 2.42. The summed E-state index contributed by atoms with van der Waals surface area (Å²) < 4.78 is 5.76. The second kappa shape index (κ2) is 9.75. The average Bonchev–Trinajstić information content (AvgIpc) is 3.08. The Morgan fingerprint density at radius 1 is 0.939 bits per heavy atom. The summed E-state index contributed by atoms with van der Waals surface area (Å²) >= 11 is 0. The molecule has 170 valence electrons. The zero-order chi connectivity index (χ0) is 22.6. The van der Waals surface area contributed by atoms with Crippen molar-refractivity contribution >= 4 is 5.97 Å². The Labute approximate surface area is 194 Å². The van der Waals surface area contributed by atoms with E-state index in [0.29, 0.717) is 35.6 Å². The highest BCUT2D eigenvalue weighted by Crippen LogP contribution is 2.42. The maximum absolute atomic E-state index is 12.7. The molecular weight excluding hydrogens is 412 g/mol. The van der Waals surface area contributed by atoms with E-state index in [4.69, 9.17) is 4.74 Å². The van der Waals surface area contributed by atoms with E-state index in [-0.39, 0.29) is 17.8 Å². The highest BCUT2D eigenvalue weighted by atomic mass is 16.5. The summed E-state index contributed by atoms with van der Waals surface area (Å²) in [7, 11) is 0. The summed E-state index contributed by atoms with van der Waals surface area (Å²) in [5, 5.41) is 0. The van der Waals surface area contributed by atoms with Crippen LogP contribution in [0.1, 0.15) is 24.0 Å². The topological polar surface area (TPSA) is 62.4 Å². The van der Waals surface area contributed by atoms with Gasteiger partial charge < -0.3 is 9.72 Å². The zero-order valence-corrected chi connectivity index (χ0v) is 18.8. The fourth-order valence-corrected chi connectivity index (χ4v) is 5.61. The maximum atomic E-state index is 12.7. The number of esters is 1. The predicted molar refractivity (Wildman–Crippen MR) is 129 cm³/mol. The Morgan fingerprint density at radius 2 is 1.61 bits per heavy atom. The summed E-state index contributed by atoms with van der Waals surface area (Å²) in [6, 6.07) is 21.7. The normalized spacial score (nSPS) is 22.2. The minimum Gasteiger partial charge on any atom is -0.465 e. The Balaban J connectivity index is 1.20. The molecule has 2 heterocycles. The van der Waals surface area contributed by atoms with Gasteiger partial charge in [0, 0.05) is 43.4 Å². The number of fused-ring (bicyclic) bond motifs is 2. The number of likely N-dealkylation sites (tertiary alicyclic amines) is 1. The van der Waals surface area contributed by atoms with E-state index in [2.05, 4.69) is 40.2 Å². The van der Waals surface area contributed by atoms with Gasteiger partial charge in [-0.1, -0.05) is 60.7 Å². The van der Waals surface area contributed by atoms with Crippen molar-refractivity contribution in [2.45, 2.75) is 25.8 Å². The van der Waals surface area contributed by atoms with Gasteiger partial charge in [0.15, 0.2) is 5.43 Å². The molecule has 1 saturated carbocycles. The molecule has 2 aliphatic rings. The number of aromatic amines is 1. The SMILES string of the molecule is O=C(Cc1c(-c2ccccc2)[nH]ccc1=O)OCC1C2CCC1CN(Cc1ccccc1)C2. The lowest BCUT2D eigenvalue weighted by Crippen LogP contribution is -2.43. The second-order valence-electron chi connectivity index (χ2n) is 9.36. The van der Waals surface area contributed by atoms with Crippen LogP contribution in [-0.4, -0.2) is 35.5 Å². The van der Waals surface area contributed by atoms with Crippen LogP contribution < -0.4 is 5.43 Å². The molecule has 3 aromatic rings. The molecule has 1 aromatic heterocycles. The number of ether oxygens (including phenoxy) is 1. The van der Waals surface area contributed by atoms with Crippen molar-refractivity contribution in [1.29, 1.82) is 0 Å². The third kappa shape index (κ3) is 4.93. The number of piperidine rings is 1. The average molecular weight is 443 g/mol. The third-order valence-corrected chi connectivity index (χ3v) is 7.24. The van der Waals surface area contributed by atoms with Crippen LogP contribution in [0.3, 0.4) is 0 Å². The fraction of sp³-hybridized carbons (Fsp3) is 0.357. The summed E-state index contributed by atoms with van der Waals surface area (Å²) in [5.41, 5.74) is 3.26. The monoisotopic (exact) mass is 442 g/mol. The first-order valence-electron chi connectivity index (χ1n) is 11.9.